The van der Waals surface area contributed by atoms with Crippen LogP contribution in [0.3, 0.4) is 0 Å². The fraction of sp³-hybridized carbons (Fsp3) is 0.611. The van der Waals surface area contributed by atoms with Crippen LogP contribution in [0, 0.1) is 5.92 Å². The van der Waals surface area contributed by atoms with Crippen molar-refractivity contribution >= 4 is 5.91 Å². The second-order valence-corrected chi connectivity index (χ2v) is 6.55. The number of amides is 1. The largest absolute Gasteiger partial charge is 0.381 e. The minimum Gasteiger partial charge on any atom is -0.381 e. The van der Waals surface area contributed by atoms with Gasteiger partial charge in [0.2, 0.25) is 5.91 Å². The summed E-state index contributed by atoms with van der Waals surface area (Å²) in [6.45, 7) is 6.54. The van der Waals surface area contributed by atoms with Gasteiger partial charge in [0.15, 0.2) is 0 Å². The number of hydrogen-bond donors (Lipinski definition) is 1. The minimum atomic E-state index is 0.137. The van der Waals surface area contributed by atoms with Crippen LogP contribution in [-0.4, -0.2) is 43.2 Å². The van der Waals surface area contributed by atoms with E-state index in [1.807, 2.05) is 0 Å². The first-order chi connectivity index (χ1) is 10.7. The third-order valence-corrected chi connectivity index (χ3v) is 4.72. The molecule has 4 nitrogen and oxygen atoms in total. The van der Waals surface area contributed by atoms with Crippen LogP contribution in [0.15, 0.2) is 24.3 Å². The molecule has 22 heavy (non-hydrogen) atoms. The highest BCUT2D eigenvalue weighted by Crippen LogP contribution is 2.19. The molecule has 2 aliphatic rings. The Morgan fingerprint density at radius 2 is 2.05 bits per heavy atom. The number of hydrogen-bond acceptors (Lipinski definition) is 3. The van der Waals surface area contributed by atoms with E-state index in [-0.39, 0.29) is 17.9 Å². The Kier molecular flexibility index (Phi) is 5.11. The number of nitrogens with zero attached hydrogens (tertiary/aromatic N) is 1. The summed E-state index contributed by atoms with van der Waals surface area (Å²) < 4.78 is 5.32. The third-order valence-electron chi connectivity index (χ3n) is 4.72. The predicted octanol–water partition coefficient (Wildman–Crippen LogP) is 1.98. The summed E-state index contributed by atoms with van der Waals surface area (Å²) in [6, 6.07) is 8.86. The first-order valence-corrected chi connectivity index (χ1v) is 8.39. The summed E-state index contributed by atoms with van der Waals surface area (Å²) in [4.78, 5) is 14.7. The smallest absolute Gasteiger partial charge is 0.223 e. The number of carbonyl (C=O) groups is 1. The topological polar surface area (TPSA) is 41.6 Å². The van der Waals surface area contributed by atoms with Crippen molar-refractivity contribution in [2.45, 2.75) is 38.8 Å². The highest BCUT2D eigenvalue weighted by Gasteiger charge is 2.24. The molecule has 4 heteroatoms. The highest BCUT2D eigenvalue weighted by molar-refractivity contribution is 5.79. The summed E-state index contributed by atoms with van der Waals surface area (Å²) in [5.41, 5.74) is 2.90. The van der Waals surface area contributed by atoms with Gasteiger partial charge in [-0.3, -0.25) is 9.69 Å². The Morgan fingerprint density at radius 3 is 2.82 bits per heavy atom. The summed E-state index contributed by atoms with van der Waals surface area (Å²) in [6.07, 6.45) is 2.82. The van der Waals surface area contributed by atoms with E-state index in [2.05, 4.69) is 41.4 Å². The van der Waals surface area contributed by atoms with Crippen LogP contribution in [0.1, 0.15) is 30.9 Å². The number of carbonyl (C=O) groups excluding carboxylic acids is 1. The number of rotatable bonds is 4. The molecule has 1 atom stereocenters. The molecule has 1 fully saturated rings. The molecule has 0 aromatic heterocycles. The van der Waals surface area contributed by atoms with E-state index in [0.717, 1.165) is 52.1 Å². The van der Waals surface area contributed by atoms with E-state index in [4.69, 9.17) is 4.74 Å². The summed E-state index contributed by atoms with van der Waals surface area (Å²) in [7, 11) is 0. The molecule has 0 spiro atoms. The Labute approximate surface area is 132 Å². The molecule has 2 aliphatic heterocycles. The second kappa shape index (κ2) is 7.25. The SMILES string of the molecule is CC(CN1CCc2ccccc2C1)NC(=O)C1CCOCC1. The fourth-order valence-electron chi connectivity index (χ4n) is 3.46. The van der Waals surface area contributed by atoms with Gasteiger partial charge in [0.05, 0.1) is 0 Å². The van der Waals surface area contributed by atoms with Crippen molar-refractivity contribution in [3.63, 3.8) is 0 Å². The van der Waals surface area contributed by atoms with Gasteiger partial charge in [0, 0.05) is 44.8 Å². The average molecular weight is 302 g/mol. The van der Waals surface area contributed by atoms with Crippen LogP contribution in [0.2, 0.25) is 0 Å². The maximum Gasteiger partial charge on any atom is 0.223 e. The molecule has 1 aromatic rings. The predicted molar refractivity (Wildman–Crippen MR) is 86.6 cm³/mol. The van der Waals surface area contributed by atoms with Crippen LogP contribution < -0.4 is 5.32 Å². The van der Waals surface area contributed by atoms with Crippen LogP contribution >= 0.6 is 0 Å². The molecule has 1 N–H and O–H groups in total. The standard InChI is InChI=1S/C18H26N2O2/c1-14(19-18(21)16-7-10-22-11-8-16)12-20-9-6-15-4-2-3-5-17(15)13-20/h2-5,14,16H,6-13H2,1H3,(H,19,21). The van der Waals surface area contributed by atoms with Gasteiger partial charge in [0.25, 0.3) is 0 Å². The summed E-state index contributed by atoms with van der Waals surface area (Å²) in [5.74, 6) is 0.339. The number of nitrogens with one attached hydrogen (secondary N) is 1. The van der Waals surface area contributed by atoms with Crippen molar-refractivity contribution in [3.05, 3.63) is 35.4 Å². The molecule has 2 heterocycles. The normalized spacial score (nSPS) is 21.1. The lowest BCUT2D eigenvalue weighted by molar-refractivity contribution is -0.128. The zero-order chi connectivity index (χ0) is 15.4. The maximum atomic E-state index is 12.3. The van der Waals surface area contributed by atoms with Crippen LogP contribution in [0.4, 0.5) is 0 Å². The average Bonchev–Trinajstić information content (AvgIpc) is 2.55. The quantitative estimate of drug-likeness (QED) is 0.924. The van der Waals surface area contributed by atoms with Gasteiger partial charge in [-0.05, 0) is 37.3 Å². The van der Waals surface area contributed by atoms with Gasteiger partial charge in [-0.2, -0.15) is 0 Å². The third kappa shape index (κ3) is 3.87. The molecular weight excluding hydrogens is 276 g/mol. The lowest BCUT2D eigenvalue weighted by Gasteiger charge is -2.31. The lowest BCUT2D eigenvalue weighted by Crippen LogP contribution is -2.46. The number of ether oxygens (including phenoxy) is 1. The van der Waals surface area contributed by atoms with Gasteiger partial charge in [0.1, 0.15) is 0 Å². The second-order valence-electron chi connectivity index (χ2n) is 6.55. The van der Waals surface area contributed by atoms with Crippen molar-refractivity contribution in [3.8, 4) is 0 Å². The lowest BCUT2D eigenvalue weighted by atomic mass is 9.98. The monoisotopic (exact) mass is 302 g/mol. The van der Waals surface area contributed by atoms with Gasteiger partial charge in [-0.15, -0.1) is 0 Å². The van der Waals surface area contributed by atoms with Crippen molar-refractivity contribution in [2.24, 2.45) is 5.92 Å². The summed E-state index contributed by atoms with van der Waals surface area (Å²) in [5, 5.41) is 3.18. The van der Waals surface area contributed by atoms with E-state index < -0.39 is 0 Å². The zero-order valence-corrected chi connectivity index (χ0v) is 13.4. The van der Waals surface area contributed by atoms with Gasteiger partial charge in [-0.25, -0.2) is 0 Å². The van der Waals surface area contributed by atoms with E-state index in [9.17, 15) is 4.79 Å². The van der Waals surface area contributed by atoms with Gasteiger partial charge in [-0.1, -0.05) is 24.3 Å². The highest BCUT2D eigenvalue weighted by atomic mass is 16.5. The molecule has 0 radical (unpaired) electrons. The van der Waals surface area contributed by atoms with Gasteiger partial charge >= 0.3 is 0 Å². The Balaban J connectivity index is 1.48. The Bertz CT molecular complexity index is 512. The molecule has 0 saturated carbocycles. The number of fused-ring (bicyclic) bond motifs is 1. The van der Waals surface area contributed by atoms with Crippen molar-refractivity contribution in [1.82, 2.24) is 10.2 Å². The molecule has 0 bridgehead atoms. The first-order valence-electron chi connectivity index (χ1n) is 8.39. The molecule has 120 valence electrons. The van der Waals surface area contributed by atoms with Crippen molar-refractivity contribution in [2.75, 3.05) is 26.3 Å². The van der Waals surface area contributed by atoms with Crippen LogP contribution in [-0.2, 0) is 22.5 Å². The van der Waals surface area contributed by atoms with Crippen molar-refractivity contribution in [1.29, 1.82) is 0 Å². The van der Waals surface area contributed by atoms with Gasteiger partial charge < -0.3 is 10.1 Å². The van der Waals surface area contributed by atoms with E-state index >= 15 is 0 Å². The van der Waals surface area contributed by atoms with Crippen LogP contribution in [0.25, 0.3) is 0 Å². The molecular formula is C18H26N2O2. The van der Waals surface area contributed by atoms with E-state index in [1.165, 1.54) is 11.1 Å². The van der Waals surface area contributed by atoms with Crippen molar-refractivity contribution < 1.29 is 9.53 Å². The minimum absolute atomic E-state index is 0.137. The molecule has 1 aromatic carbocycles. The maximum absolute atomic E-state index is 12.3. The Morgan fingerprint density at radius 1 is 1.32 bits per heavy atom. The molecule has 1 unspecified atom stereocenters. The van der Waals surface area contributed by atoms with Crippen LogP contribution in [0.5, 0.6) is 0 Å². The molecule has 1 saturated heterocycles. The summed E-state index contributed by atoms with van der Waals surface area (Å²) >= 11 is 0. The zero-order valence-electron chi connectivity index (χ0n) is 13.4. The molecule has 3 rings (SSSR count). The molecule has 0 aliphatic carbocycles. The molecule has 1 amide bonds. The van der Waals surface area contributed by atoms with E-state index in [0.29, 0.717) is 0 Å². The van der Waals surface area contributed by atoms with E-state index in [1.54, 1.807) is 0 Å². The fourth-order valence-corrected chi connectivity index (χ4v) is 3.46. The Hall–Kier alpha value is -1.39. The number of benzene rings is 1. The first kappa shape index (κ1) is 15.5.